The summed E-state index contributed by atoms with van der Waals surface area (Å²) in [7, 11) is 0. The number of hydrogen-bond donors (Lipinski definition) is 2. The molecule has 0 aliphatic heterocycles. The van der Waals surface area contributed by atoms with E-state index in [4.69, 9.17) is 0 Å². The first-order valence-electron chi connectivity index (χ1n) is 7.63. The number of halogens is 6. The van der Waals surface area contributed by atoms with Crippen molar-refractivity contribution >= 4 is 5.69 Å². The summed E-state index contributed by atoms with van der Waals surface area (Å²) >= 11 is 0. The van der Waals surface area contributed by atoms with Gasteiger partial charge in [-0.1, -0.05) is 12.8 Å². The average Bonchev–Trinajstić information content (AvgIpc) is 2.97. The summed E-state index contributed by atoms with van der Waals surface area (Å²) in [6.45, 7) is 0. The molecule has 144 valence electrons. The number of alkyl halides is 6. The van der Waals surface area contributed by atoms with Crippen LogP contribution in [0.1, 0.15) is 36.8 Å². The molecule has 0 atom stereocenters. The number of anilines is 1. The Kier molecular flexibility index (Phi) is 5.67. The quantitative estimate of drug-likeness (QED) is 0.438. The average molecular weight is 383 g/mol. The molecule has 1 aromatic rings. The zero-order valence-electron chi connectivity index (χ0n) is 13.2. The molecule has 0 saturated heterocycles. The molecule has 2 N–H and O–H groups in total. The van der Waals surface area contributed by atoms with Crippen molar-refractivity contribution in [3.05, 3.63) is 51.5 Å². The molecule has 1 aliphatic carbocycles. The van der Waals surface area contributed by atoms with E-state index in [-0.39, 0.29) is 17.9 Å². The summed E-state index contributed by atoms with van der Waals surface area (Å²) in [6.07, 6.45) is -6.35. The van der Waals surface area contributed by atoms with Gasteiger partial charge < -0.3 is 10.6 Å². The lowest BCUT2D eigenvalue weighted by Crippen LogP contribution is -2.30. The van der Waals surface area contributed by atoms with Gasteiger partial charge in [0.15, 0.2) is 5.82 Å². The normalized spacial score (nSPS) is 16.6. The van der Waals surface area contributed by atoms with Gasteiger partial charge in [-0.15, -0.1) is 0 Å². The maximum atomic E-state index is 12.9. The summed E-state index contributed by atoms with van der Waals surface area (Å²) < 4.78 is 77.3. The van der Waals surface area contributed by atoms with Gasteiger partial charge in [0.05, 0.1) is 16.1 Å². The Morgan fingerprint density at radius 1 is 1.04 bits per heavy atom. The van der Waals surface area contributed by atoms with E-state index in [1.54, 1.807) is 0 Å². The molecule has 1 fully saturated rings. The first kappa shape index (κ1) is 19.9. The van der Waals surface area contributed by atoms with Gasteiger partial charge in [-0.2, -0.15) is 26.3 Å². The number of nitrogens with one attached hydrogen (secondary N) is 2. The minimum atomic E-state index is -5.00. The fourth-order valence-electron chi connectivity index (χ4n) is 2.68. The van der Waals surface area contributed by atoms with Crippen molar-refractivity contribution in [2.24, 2.45) is 0 Å². The van der Waals surface area contributed by atoms with Gasteiger partial charge in [-0.3, -0.25) is 10.1 Å². The molecule has 0 radical (unpaired) electrons. The molecule has 2 rings (SSSR count). The van der Waals surface area contributed by atoms with Crippen LogP contribution in [-0.2, 0) is 12.4 Å². The fourth-order valence-corrected chi connectivity index (χ4v) is 2.68. The third-order valence-electron chi connectivity index (χ3n) is 3.82. The highest BCUT2D eigenvalue weighted by atomic mass is 19.4. The van der Waals surface area contributed by atoms with E-state index in [2.05, 4.69) is 10.6 Å². The summed E-state index contributed by atoms with van der Waals surface area (Å²) in [6, 6.07) is 0.798. The number of hydrogen-bond acceptors (Lipinski definition) is 4. The highest BCUT2D eigenvalue weighted by Crippen LogP contribution is 2.37. The number of nitrogens with zero attached hydrogens (tertiary/aromatic N) is 1. The van der Waals surface area contributed by atoms with Crippen molar-refractivity contribution in [1.29, 1.82) is 0 Å². The molecule has 0 amide bonds. The standard InChI is InChI=1S/C15H15F6N3O2/c16-14(17,18)9-5-10(15(19,20)21)7-12(6-9)23-13(8-24(25)26)22-11-3-1-2-4-11/h5-8,11,22-23H,1-4H2/b13-8-. The summed E-state index contributed by atoms with van der Waals surface area (Å²) in [4.78, 5) is 9.87. The van der Waals surface area contributed by atoms with Crippen LogP contribution in [0.5, 0.6) is 0 Å². The molecule has 0 heterocycles. The number of benzene rings is 1. The van der Waals surface area contributed by atoms with E-state index in [9.17, 15) is 36.5 Å². The third-order valence-corrected chi connectivity index (χ3v) is 3.82. The Balaban J connectivity index is 2.35. The van der Waals surface area contributed by atoms with Crippen LogP contribution in [-0.4, -0.2) is 11.0 Å². The Hall–Kier alpha value is -2.46. The number of rotatable bonds is 5. The van der Waals surface area contributed by atoms with Crippen LogP contribution in [0.2, 0.25) is 0 Å². The van der Waals surface area contributed by atoms with E-state index in [0.29, 0.717) is 31.2 Å². The molecule has 0 spiro atoms. The Morgan fingerprint density at radius 3 is 1.96 bits per heavy atom. The lowest BCUT2D eigenvalue weighted by atomic mass is 10.1. The Labute approximate surface area is 144 Å². The minimum absolute atomic E-state index is 0.00747. The molecule has 0 unspecified atom stereocenters. The minimum Gasteiger partial charge on any atom is -0.364 e. The topological polar surface area (TPSA) is 67.2 Å². The van der Waals surface area contributed by atoms with Gasteiger partial charge in [0.1, 0.15) is 0 Å². The van der Waals surface area contributed by atoms with Crippen LogP contribution in [0.3, 0.4) is 0 Å². The van der Waals surface area contributed by atoms with Crippen molar-refractivity contribution in [3.8, 4) is 0 Å². The smallest absolute Gasteiger partial charge is 0.364 e. The van der Waals surface area contributed by atoms with Gasteiger partial charge in [-0.25, -0.2) is 0 Å². The molecule has 1 aromatic carbocycles. The Morgan fingerprint density at radius 2 is 1.54 bits per heavy atom. The molecule has 1 saturated carbocycles. The maximum absolute atomic E-state index is 12.9. The molecule has 0 aromatic heterocycles. The highest BCUT2D eigenvalue weighted by molar-refractivity contribution is 5.53. The SMILES string of the molecule is O=[N+]([O-])/C=C(\Nc1cc(C(F)(F)F)cc(C(F)(F)F)c1)NC1CCCC1. The van der Waals surface area contributed by atoms with Crippen LogP contribution in [0.4, 0.5) is 32.0 Å². The van der Waals surface area contributed by atoms with E-state index >= 15 is 0 Å². The first-order chi connectivity index (χ1) is 11.9. The Bertz CT molecular complexity index is 661. The molecular formula is C15H15F6N3O2. The predicted molar refractivity (Wildman–Crippen MR) is 80.5 cm³/mol. The van der Waals surface area contributed by atoms with Crippen molar-refractivity contribution < 1.29 is 31.3 Å². The lowest BCUT2D eigenvalue weighted by molar-refractivity contribution is -0.403. The summed E-state index contributed by atoms with van der Waals surface area (Å²) in [5.41, 5.74) is -3.56. The third kappa shape index (κ3) is 5.53. The molecular weight excluding hydrogens is 368 g/mol. The lowest BCUT2D eigenvalue weighted by Gasteiger charge is -2.19. The van der Waals surface area contributed by atoms with Crippen LogP contribution < -0.4 is 10.6 Å². The highest BCUT2D eigenvalue weighted by Gasteiger charge is 2.37. The largest absolute Gasteiger partial charge is 0.416 e. The van der Waals surface area contributed by atoms with E-state index in [1.165, 1.54) is 0 Å². The number of nitro groups is 1. The van der Waals surface area contributed by atoms with Crippen molar-refractivity contribution in [2.45, 2.75) is 44.1 Å². The van der Waals surface area contributed by atoms with Crippen LogP contribution in [0, 0.1) is 10.1 Å². The van der Waals surface area contributed by atoms with Crippen molar-refractivity contribution in [1.82, 2.24) is 5.32 Å². The second-order valence-corrected chi connectivity index (χ2v) is 5.87. The van der Waals surface area contributed by atoms with Crippen molar-refractivity contribution in [3.63, 3.8) is 0 Å². The molecule has 5 nitrogen and oxygen atoms in total. The second-order valence-electron chi connectivity index (χ2n) is 5.87. The van der Waals surface area contributed by atoms with Gasteiger partial charge in [0.2, 0.25) is 0 Å². The van der Waals surface area contributed by atoms with Crippen LogP contribution >= 0.6 is 0 Å². The zero-order chi connectivity index (χ0) is 19.5. The van der Waals surface area contributed by atoms with Gasteiger partial charge in [-0.05, 0) is 31.0 Å². The monoisotopic (exact) mass is 383 g/mol. The predicted octanol–water partition coefficient (Wildman–Crippen LogP) is 4.74. The maximum Gasteiger partial charge on any atom is 0.416 e. The molecule has 11 heteroatoms. The summed E-state index contributed by atoms with van der Waals surface area (Å²) in [5, 5.41) is 15.7. The summed E-state index contributed by atoms with van der Waals surface area (Å²) in [5.74, 6) is -0.269. The first-order valence-corrected chi connectivity index (χ1v) is 7.63. The van der Waals surface area contributed by atoms with Crippen molar-refractivity contribution in [2.75, 3.05) is 5.32 Å². The van der Waals surface area contributed by atoms with Gasteiger partial charge in [0, 0.05) is 11.7 Å². The van der Waals surface area contributed by atoms with E-state index in [1.807, 2.05) is 0 Å². The van der Waals surface area contributed by atoms with Gasteiger partial charge in [0.25, 0.3) is 6.20 Å². The van der Waals surface area contributed by atoms with Crippen LogP contribution in [0.15, 0.2) is 30.2 Å². The van der Waals surface area contributed by atoms with E-state index in [0.717, 1.165) is 12.8 Å². The fraction of sp³-hybridized carbons (Fsp3) is 0.467. The van der Waals surface area contributed by atoms with Gasteiger partial charge >= 0.3 is 12.4 Å². The molecule has 26 heavy (non-hydrogen) atoms. The molecule has 1 aliphatic rings. The van der Waals surface area contributed by atoms with E-state index < -0.39 is 34.1 Å². The van der Waals surface area contributed by atoms with Crippen LogP contribution in [0.25, 0.3) is 0 Å². The zero-order valence-corrected chi connectivity index (χ0v) is 13.2. The molecule has 0 bridgehead atoms. The second kappa shape index (κ2) is 7.42.